The molecule has 0 bridgehead atoms. The van der Waals surface area contributed by atoms with E-state index in [9.17, 15) is 0 Å². The van der Waals surface area contributed by atoms with Crippen LogP contribution in [0, 0.1) is 0 Å². The Bertz CT molecular complexity index is 289. The van der Waals surface area contributed by atoms with Crippen LogP contribution < -0.4 is 0 Å². The largest absolute Gasteiger partial charge is 0.395 e. The van der Waals surface area contributed by atoms with Crippen molar-refractivity contribution in [3.05, 3.63) is 18.5 Å². The number of β-amino-alcohol motifs (C(OH)–C–C–N with tert-alkyl or cyclic N) is 1. The maximum Gasteiger partial charge on any atom is 0.0934 e. The third-order valence-electron chi connectivity index (χ3n) is 2.90. The lowest BCUT2D eigenvalue weighted by atomic mass is 10.2. The van der Waals surface area contributed by atoms with Crippen LogP contribution in [0.15, 0.2) is 18.5 Å². The van der Waals surface area contributed by atoms with E-state index in [1.54, 1.807) is 13.3 Å². The topological polar surface area (TPSA) is 50.5 Å². The van der Waals surface area contributed by atoms with E-state index in [0.29, 0.717) is 6.54 Å². The van der Waals surface area contributed by atoms with Crippen LogP contribution in [0.3, 0.4) is 0 Å². The van der Waals surface area contributed by atoms with E-state index < -0.39 is 0 Å². The molecule has 0 radical (unpaired) electrons. The maximum absolute atomic E-state index is 8.90. The summed E-state index contributed by atoms with van der Waals surface area (Å²) in [5, 5.41) is 13.1. The second-order valence-electron chi connectivity index (χ2n) is 3.81. The van der Waals surface area contributed by atoms with Gasteiger partial charge in [0.2, 0.25) is 0 Å². The van der Waals surface area contributed by atoms with E-state index >= 15 is 0 Å². The molecule has 1 fully saturated rings. The third-order valence-corrected chi connectivity index (χ3v) is 2.90. The monoisotopic (exact) mass is 211 g/mol. The Balaban J connectivity index is 2.04. The Morgan fingerprint density at radius 3 is 3.00 bits per heavy atom. The summed E-state index contributed by atoms with van der Waals surface area (Å²) < 4.78 is 7.38. The average molecular weight is 211 g/mol. The molecule has 1 aromatic heterocycles. The predicted molar refractivity (Wildman–Crippen MR) is 55.6 cm³/mol. The summed E-state index contributed by atoms with van der Waals surface area (Å²) >= 11 is 0. The molecule has 0 unspecified atom stereocenters. The van der Waals surface area contributed by atoms with Crippen LogP contribution in [0.25, 0.3) is 0 Å². The van der Waals surface area contributed by atoms with Crippen molar-refractivity contribution in [1.82, 2.24) is 14.7 Å². The van der Waals surface area contributed by atoms with Gasteiger partial charge in [0, 0.05) is 39.1 Å². The molecule has 1 aliphatic rings. The Hall–Kier alpha value is -0.910. The van der Waals surface area contributed by atoms with Gasteiger partial charge in [-0.2, -0.15) is 5.10 Å². The molecule has 0 aromatic carbocycles. The first-order valence-corrected chi connectivity index (χ1v) is 5.20. The molecular formula is C10H17N3O2. The van der Waals surface area contributed by atoms with E-state index in [1.165, 1.54) is 0 Å². The molecule has 15 heavy (non-hydrogen) atoms. The third kappa shape index (κ3) is 2.19. The molecule has 1 saturated heterocycles. The zero-order chi connectivity index (χ0) is 10.7. The van der Waals surface area contributed by atoms with Crippen molar-refractivity contribution in [2.24, 2.45) is 0 Å². The highest BCUT2D eigenvalue weighted by Gasteiger charge is 2.33. The minimum atomic E-state index is 0.163. The second-order valence-corrected chi connectivity index (χ2v) is 3.81. The molecule has 0 amide bonds. The van der Waals surface area contributed by atoms with Gasteiger partial charge in [-0.25, -0.2) is 0 Å². The Labute approximate surface area is 89.3 Å². The lowest BCUT2D eigenvalue weighted by Crippen LogP contribution is -2.25. The molecule has 2 heterocycles. The van der Waals surface area contributed by atoms with Crippen LogP contribution in [-0.2, 0) is 4.74 Å². The lowest BCUT2D eigenvalue weighted by molar-refractivity contribution is 0.0771. The van der Waals surface area contributed by atoms with Crippen molar-refractivity contribution in [2.75, 3.05) is 33.4 Å². The predicted octanol–water partition coefficient (Wildman–Crippen LogP) is -0.253. The van der Waals surface area contributed by atoms with Crippen LogP contribution in [-0.4, -0.2) is 59.2 Å². The molecule has 2 atom stereocenters. The molecular weight excluding hydrogens is 194 g/mol. The molecule has 1 aliphatic heterocycles. The van der Waals surface area contributed by atoms with Crippen molar-refractivity contribution >= 4 is 0 Å². The van der Waals surface area contributed by atoms with Crippen LogP contribution in [0.1, 0.15) is 6.04 Å². The minimum absolute atomic E-state index is 0.163. The van der Waals surface area contributed by atoms with Crippen LogP contribution >= 0.6 is 0 Å². The second kappa shape index (κ2) is 4.74. The first-order valence-electron chi connectivity index (χ1n) is 5.20. The quantitative estimate of drug-likeness (QED) is 0.746. The van der Waals surface area contributed by atoms with E-state index in [2.05, 4.69) is 10.00 Å². The first kappa shape index (κ1) is 10.6. The van der Waals surface area contributed by atoms with Crippen molar-refractivity contribution in [3.63, 3.8) is 0 Å². The fourth-order valence-corrected chi connectivity index (χ4v) is 2.12. The molecule has 5 nitrogen and oxygen atoms in total. The minimum Gasteiger partial charge on any atom is -0.395 e. The van der Waals surface area contributed by atoms with Gasteiger partial charge >= 0.3 is 0 Å². The number of ether oxygens (including phenoxy) is 1. The summed E-state index contributed by atoms with van der Waals surface area (Å²) in [5.41, 5.74) is 0. The summed E-state index contributed by atoms with van der Waals surface area (Å²) in [6, 6.07) is 2.18. The SMILES string of the molecule is CO[C@H]1CN(CCO)C[C@@H]1n1cccn1. The van der Waals surface area contributed by atoms with Gasteiger partial charge in [0.15, 0.2) is 0 Å². The molecule has 0 aliphatic carbocycles. The number of aliphatic hydroxyl groups is 1. The lowest BCUT2D eigenvalue weighted by Gasteiger charge is -2.16. The van der Waals surface area contributed by atoms with Gasteiger partial charge in [0.25, 0.3) is 0 Å². The fourth-order valence-electron chi connectivity index (χ4n) is 2.12. The standard InChI is InChI=1S/C10H17N3O2/c1-15-10-8-12(5-6-14)7-9(10)13-4-2-3-11-13/h2-4,9-10,14H,5-8H2,1H3/t9-,10-/m0/s1. The highest BCUT2D eigenvalue weighted by atomic mass is 16.5. The zero-order valence-electron chi connectivity index (χ0n) is 8.91. The van der Waals surface area contributed by atoms with Gasteiger partial charge in [0.05, 0.1) is 18.8 Å². The Morgan fingerprint density at radius 1 is 1.53 bits per heavy atom. The van der Waals surface area contributed by atoms with Crippen LogP contribution in [0.2, 0.25) is 0 Å². The summed E-state index contributed by atoms with van der Waals surface area (Å²) in [5.74, 6) is 0. The molecule has 84 valence electrons. The van der Waals surface area contributed by atoms with Gasteiger partial charge in [-0.15, -0.1) is 0 Å². The van der Waals surface area contributed by atoms with Crippen molar-refractivity contribution in [2.45, 2.75) is 12.1 Å². The number of nitrogens with zero attached hydrogens (tertiary/aromatic N) is 3. The number of rotatable bonds is 4. The van der Waals surface area contributed by atoms with Crippen molar-refractivity contribution in [1.29, 1.82) is 0 Å². The number of methoxy groups -OCH3 is 1. The number of hydrogen-bond donors (Lipinski definition) is 1. The molecule has 1 N–H and O–H groups in total. The van der Waals surface area contributed by atoms with Crippen molar-refractivity contribution in [3.8, 4) is 0 Å². The number of hydrogen-bond acceptors (Lipinski definition) is 4. The molecule has 2 rings (SSSR count). The smallest absolute Gasteiger partial charge is 0.0934 e. The normalized spacial score (nSPS) is 27.3. The van der Waals surface area contributed by atoms with Gasteiger partial charge < -0.3 is 9.84 Å². The Kier molecular flexibility index (Phi) is 3.35. The molecule has 0 saturated carbocycles. The summed E-state index contributed by atoms with van der Waals surface area (Å²) in [6.07, 6.45) is 3.90. The van der Waals surface area contributed by atoms with E-state index in [1.807, 2.05) is 16.9 Å². The fraction of sp³-hybridized carbons (Fsp3) is 0.700. The molecule has 1 aromatic rings. The summed E-state index contributed by atoms with van der Waals surface area (Å²) in [4.78, 5) is 2.19. The Morgan fingerprint density at radius 2 is 2.40 bits per heavy atom. The van der Waals surface area contributed by atoms with Crippen molar-refractivity contribution < 1.29 is 9.84 Å². The molecule has 0 spiro atoms. The highest BCUT2D eigenvalue weighted by molar-refractivity contribution is 4.92. The number of aromatic nitrogens is 2. The summed E-state index contributed by atoms with van der Waals surface area (Å²) in [6.45, 7) is 2.65. The van der Waals surface area contributed by atoms with Gasteiger partial charge in [-0.3, -0.25) is 9.58 Å². The number of likely N-dealkylation sites (tertiary alicyclic amines) is 1. The van der Waals surface area contributed by atoms with E-state index in [4.69, 9.17) is 9.84 Å². The maximum atomic E-state index is 8.90. The summed E-state index contributed by atoms with van der Waals surface area (Å²) in [7, 11) is 1.73. The van der Waals surface area contributed by atoms with E-state index in [0.717, 1.165) is 13.1 Å². The van der Waals surface area contributed by atoms with Gasteiger partial charge in [-0.1, -0.05) is 0 Å². The van der Waals surface area contributed by atoms with Crippen LogP contribution in [0.5, 0.6) is 0 Å². The van der Waals surface area contributed by atoms with Crippen LogP contribution in [0.4, 0.5) is 0 Å². The average Bonchev–Trinajstić information content (AvgIpc) is 2.84. The van der Waals surface area contributed by atoms with Gasteiger partial charge in [0.1, 0.15) is 0 Å². The zero-order valence-corrected chi connectivity index (χ0v) is 8.91. The van der Waals surface area contributed by atoms with Gasteiger partial charge in [-0.05, 0) is 6.07 Å². The van der Waals surface area contributed by atoms with E-state index in [-0.39, 0.29) is 18.8 Å². The first-order chi connectivity index (χ1) is 7.35. The number of aliphatic hydroxyl groups excluding tert-OH is 1. The highest BCUT2D eigenvalue weighted by Crippen LogP contribution is 2.23. The molecule has 5 heteroatoms.